The maximum absolute atomic E-state index is 15.0. The van der Waals surface area contributed by atoms with Gasteiger partial charge in [-0.3, -0.25) is 28.8 Å². The number of benzene rings is 4. The van der Waals surface area contributed by atoms with Crippen LogP contribution in [0.3, 0.4) is 0 Å². The fourth-order valence-corrected chi connectivity index (χ4v) is 14.5. The van der Waals surface area contributed by atoms with Gasteiger partial charge in [0.2, 0.25) is 24.0 Å². The van der Waals surface area contributed by atoms with Crippen molar-refractivity contribution in [2.75, 3.05) is 128 Å². The van der Waals surface area contributed by atoms with Gasteiger partial charge in [0.15, 0.2) is 54.0 Å². The van der Waals surface area contributed by atoms with Crippen LogP contribution in [0.5, 0.6) is 28.7 Å². The van der Waals surface area contributed by atoms with E-state index >= 15 is 0 Å². The molecule has 0 radical (unpaired) electrons. The fraction of sp³-hybridized carbons (Fsp3) is 0.537. The normalized spacial score (nSPS) is 23.8. The molecule has 0 aromatic heterocycles. The molecule has 4 saturated heterocycles. The number of amides is 8. The number of aliphatic hydroxyl groups excluding tert-OH is 8. The Balaban J connectivity index is 0.827. The van der Waals surface area contributed by atoms with E-state index in [-0.39, 0.29) is 147 Å². The highest BCUT2D eigenvalue weighted by Crippen LogP contribution is 2.45. The minimum atomic E-state index is -2.11. The maximum atomic E-state index is 15.0. The van der Waals surface area contributed by atoms with Gasteiger partial charge in [-0.25, -0.2) is 29.0 Å². The van der Waals surface area contributed by atoms with Crippen molar-refractivity contribution >= 4 is 76.6 Å². The molecule has 0 unspecified atom stereocenters. The van der Waals surface area contributed by atoms with Gasteiger partial charge in [0.05, 0.1) is 121 Å². The predicted octanol–water partition coefficient (Wildman–Crippen LogP) is -0.658. The van der Waals surface area contributed by atoms with Crippen LogP contribution >= 0.6 is 0 Å². The molecule has 4 fully saturated rings. The zero-order valence-electron chi connectivity index (χ0n) is 69.3. The summed E-state index contributed by atoms with van der Waals surface area (Å²) in [5, 5.41) is 116. The van der Waals surface area contributed by atoms with Crippen molar-refractivity contribution in [2.24, 2.45) is 11.7 Å². The third-order valence-corrected chi connectivity index (χ3v) is 21.0. The summed E-state index contributed by atoms with van der Waals surface area (Å²) in [5.41, 5.74) is 6.24. The third-order valence-electron chi connectivity index (χ3n) is 21.0. The van der Waals surface area contributed by atoms with E-state index in [1.807, 2.05) is 0 Å². The molecule has 125 heavy (non-hydrogen) atoms. The van der Waals surface area contributed by atoms with Gasteiger partial charge >= 0.3 is 24.1 Å². The summed E-state index contributed by atoms with van der Waals surface area (Å²) in [6, 6.07) is 9.89. The average molecular weight is 1760 g/mol. The fourth-order valence-electron chi connectivity index (χ4n) is 14.5. The van der Waals surface area contributed by atoms with Gasteiger partial charge in [0, 0.05) is 62.0 Å². The number of carbonyl (C=O) groups is 10. The lowest BCUT2D eigenvalue weighted by Crippen LogP contribution is -2.61. The van der Waals surface area contributed by atoms with Crippen LogP contribution in [-0.2, 0) is 79.8 Å². The van der Waals surface area contributed by atoms with Crippen molar-refractivity contribution in [1.82, 2.24) is 25.8 Å². The van der Waals surface area contributed by atoms with Crippen LogP contribution in [0.4, 0.5) is 26.7 Å². The molecule has 0 aliphatic carbocycles. The van der Waals surface area contributed by atoms with Gasteiger partial charge in [-0.1, -0.05) is 56.4 Å². The molecule has 6 aliphatic rings. The van der Waals surface area contributed by atoms with E-state index in [2.05, 4.69) is 34.4 Å². The summed E-state index contributed by atoms with van der Waals surface area (Å²) < 4.78 is 79.4. The number of fused-ring (bicyclic) bond motifs is 4. The van der Waals surface area contributed by atoms with Crippen LogP contribution in [0.2, 0.25) is 0 Å². The summed E-state index contributed by atoms with van der Waals surface area (Å²) >= 11 is 0. The van der Waals surface area contributed by atoms with Gasteiger partial charge in [-0.15, -0.1) is 0 Å². The zero-order chi connectivity index (χ0) is 90.6. The number of nitrogens with one attached hydrogen (secondary N) is 4. The minimum absolute atomic E-state index is 0.000500. The smallest absolute Gasteiger partial charge is 0.416 e. The molecular formula is C82H107N9O34. The Morgan fingerprint density at radius 2 is 1.05 bits per heavy atom. The highest BCUT2D eigenvalue weighted by molar-refractivity contribution is 6.08. The topological polar surface area (TPSA) is 589 Å². The number of hydrogen-bond donors (Lipinski definition) is 15. The number of aliphatic carboxylic acids is 2. The molecule has 4 aromatic carbocycles. The number of anilines is 3. The number of methoxy groups -OCH3 is 2. The highest BCUT2D eigenvalue weighted by atomic mass is 16.7. The summed E-state index contributed by atoms with van der Waals surface area (Å²) in [7, 11) is 2.68. The Morgan fingerprint density at radius 1 is 0.560 bits per heavy atom. The quantitative estimate of drug-likeness (QED) is 0.0193. The molecule has 0 saturated carbocycles. The minimum Gasteiger partial charge on any atom is -0.493 e. The summed E-state index contributed by atoms with van der Waals surface area (Å²) in [6.07, 6.45) is -24.1. The number of carbonyl (C=O) groups excluding carboxylic acids is 8. The lowest BCUT2D eigenvalue weighted by atomic mass is 9.99. The van der Waals surface area contributed by atoms with Gasteiger partial charge < -0.3 is 154 Å². The molecule has 16 N–H and O–H groups in total. The number of unbranched alkanes of at least 4 members (excludes halogenated alkanes) is 2. The Bertz CT molecular complexity index is 4500. The monoisotopic (exact) mass is 1760 g/mol. The van der Waals surface area contributed by atoms with Crippen molar-refractivity contribution < 1.29 is 165 Å². The number of carboxylic acids is 2. The van der Waals surface area contributed by atoms with E-state index in [0.29, 0.717) is 62.3 Å². The van der Waals surface area contributed by atoms with E-state index in [1.54, 1.807) is 13.8 Å². The van der Waals surface area contributed by atoms with Crippen molar-refractivity contribution in [3.05, 3.63) is 119 Å². The van der Waals surface area contributed by atoms with Crippen molar-refractivity contribution in [3.8, 4) is 28.7 Å². The first-order valence-corrected chi connectivity index (χ1v) is 40.2. The summed E-state index contributed by atoms with van der Waals surface area (Å²) in [5.74, 6) is -8.16. The first-order valence-electron chi connectivity index (χ1n) is 40.2. The van der Waals surface area contributed by atoms with E-state index < -0.39 is 183 Å². The highest BCUT2D eigenvalue weighted by Gasteiger charge is 2.52. The molecular weight excluding hydrogens is 1650 g/mol. The lowest BCUT2D eigenvalue weighted by molar-refractivity contribution is -0.294. The average Bonchev–Trinajstić information content (AvgIpc) is 1.61. The number of nitrogens with two attached hydrogens (primary N) is 1. The van der Waals surface area contributed by atoms with Crippen LogP contribution in [0.15, 0.2) is 91.0 Å². The van der Waals surface area contributed by atoms with Crippen LogP contribution in [0, 0.1) is 5.92 Å². The molecule has 6 aliphatic heterocycles. The van der Waals surface area contributed by atoms with Gasteiger partial charge in [-0.05, 0) is 80.0 Å². The predicted molar refractivity (Wildman–Crippen MR) is 431 cm³/mol. The molecule has 4 aromatic rings. The molecule has 6 heterocycles. The Hall–Kier alpha value is -11.0. The second-order valence-corrected chi connectivity index (χ2v) is 30.3. The number of aliphatic hydroxyl groups is 8. The van der Waals surface area contributed by atoms with Crippen LogP contribution < -0.4 is 60.5 Å². The largest absolute Gasteiger partial charge is 0.493 e. The van der Waals surface area contributed by atoms with Crippen LogP contribution in [0.1, 0.15) is 95.1 Å². The summed E-state index contributed by atoms with van der Waals surface area (Å²) in [4.78, 5) is 142. The van der Waals surface area contributed by atoms with E-state index in [0.717, 1.165) is 16.7 Å². The van der Waals surface area contributed by atoms with Crippen molar-refractivity contribution in [2.45, 2.75) is 164 Å². The Morgan fingerprint density at radius 3 is 1.54 bits per heavy atom. The molecule has 0 spiro atoms. The Kier molecular flexibility index (Phi) is 34.5. The standard InChI is InChI=1S/C82H107N9O34/c1-41(2)61(85-44(5)92)72(101)87-52(40-120-79-66(97)62(93)64(95)68(124-79)77(106)107)71(100)86-47-14-13-46(49(31-47)70(99)84-18-22-115-24-26-117-28-27-116-25-23-114-21-17-83)39-122-82(111)91-54-35-60(58(113-7)33-51(54)74(103)89-37-43(4)30-56(89)76(91)105)119-20-10-8-9-19-118-59-34-53-50(32-57(59)112-6)73(102)88-36-42(3)29-55(88)75(104)90(53)81(110)121-38-45-11-15-48(16-12-45)123-80-67(98)63(94)65(96)69(125-80)78(108)109/h11-16,31-35,41,52,55-56,61-69,75-76,79-80,93-98,104-105H,3-4,8-10,17-30,36-40,83H2,1-2,5-7H3,(H,84,99)(H,85,92)(H,86,100)(H,87,101)(H,106,107)(H,108,109)/t52-,55-,56-,61-,62-,63-,64-,65-,66+,67+,68-,69-,75-,76-,79+,80+/m0/s1. The summed E-state index contributed by atoms with van der Waals surface area (Å²) in [6.45, 7) is 12.7. The first kappa shape index (κ1) is 96.2. The zero-order valence-corrected chi connectivity index (χ0v) is 69.3. The number of ether oxygens (including phenoxy) is 14. The molecule has 10 rings (SSSR count). The van der Waals surface area contributed by atoms with E-state index in [1.165, 1.54) is 90.7 Å². The van der Waals surface area contributed by atoms with E-state index in [4.69, 9.17) is 72.0 Å². The molecule has 16 atom stereocenters. The van der Waals surface area contributed by atoms with Crippen LogP contribution in [-0.4, -0.2) is 332 Å². The second-order valence-electron chi connectivity index (χ2n) is 30.3. The second kappa shape index (κ2) is 44.8. The Labute approximate surface area is 716 Å². The maximum Gasteiger partial charge on any atom is 0.416 e. The van der Waals surface area contributed by atoms with Crippen molar-refractivity contribution in [3.63, 3.8) is 0 Å². The molecule has 684 valence electrons. The van der Waals surface area contributed by atoms with Gasteiger partial charge in [-0.2, -0.15) is 0 Å². The number of rotatable bonds is 42. The SMILES string of the molecule is C=C1C[C@H]2[C@H](O)N(C(=O)OCc3ccc(O[C@@H]4O[C@H](C(=O)O)[C@@H](O)[C@H](O)[C@H]4O)cc3)c3cc(OCCCCCOc4cc5c(cc4OC)C(=O)N4CC(=C)C[C@H]4[C@H](O)N5C(=O)OCc4ccc(NC(=O)[C@H](CO[C@@H]5O[C@H](C(=O)O)[C@@H](O)[C@H](O)[C@H]5O)NC(=O)[C@@H](NC(C)=O)C(C)C)cc4C(=O)NCCOCCOCCOCCOCCN)c(OC)cc3C(=O)N2C1. The first-order chi connectivity index (χ1) is 59.7. The molecule has 43 nitrogen and oxygen atoms in total. The number of hydrogen-bond acceptors (Lipinski definition) is 33. The van der Waals surface area contributed by atoms with Crippen LogP contribution in [0.25, 0.3) is 0 Å². The third kappa shape index (κ3) is 24.0. The van der Waals surface area contributed by atoms with E-state index in [9.17, 15) is 99.0 Å². The lowest BCUT2D eigenvalue weighted by Gasteiger charge is -2.38. The molecule has 43 heteroatoms. The molecule has 8 amide bonds. The van der Waals surface area contributed by atoms with Crippen molar-refractivity contribution in [1.29, 1.82) is 0 Å². The van der Waals surface area contributed by atoms with Gasteiger partial charge in [0.25, 0.3) is 17.7 Å². The molecule has 0 bridgehead atoms. The number of nitrogens with zero attached hydrogens (tertiary/aromatic N) is 4. The number of carboxylic acid groups (broad SMARTS) is 2. The van der Waals surface area contributed by atoms with Gasteiger partial charge in [0.1, 0.15) is 67.7 Å².